The van der Waals surface area contributed by atoms with E-state index in [1.54, 1.807) is 28.9 Å². The maximum Gasteiger partial charge on any atom is 0.409 e. The first-order chi connectivity index (χ1) is 16.4. The highest BCUT2D eigenvalue weighted by Gasteiger charge is 2.33. The molecule has 0 unspecified atom stereocenters. The number of fused-ring (bicyclic) bond motifs is 1. The van der Waals surface area contributed by atoms with Gasteiger partial charge in [-0.15, -0.1) is 0 Å². The summed E-state index contributed by atoms with van der Waals surface area (Å²) < 4.78 is 42.5. The Hall–Kier alpha value is -3.09. The van der Waals surface area contributed by atoms with Crippen LogP contribution >= 0.6 is 11.7 Å². The van der Waals surface area contributed by atoms with Crippen molar-refractivity contribution < 1.29 is 22.7 Å². The zero-order valence-electron chi connectivity index (χ0n) is 18.6. The smallest absolute Gasteiger partial charge is 0.409 e. The van der Waals surface area contributed by atoms with Crippen LogP contribution in [0.4, 0.5) is 4.79 Å². The van der Waals surface area contributed by atoms with Crippen molar-refractivity contribution in [2.75, 3.05) is 32.8 Å². The molecule has 0 aliphatic carbocycles. The van der Waals surface area contributed by atoms with Gasteiger partial charge in [0.2, 0.25) is 15.9 Å². The number of piperazine rings is 1. The summed E-state index contributed by atoms with van der Waals surface area (Å²) in [6.07, 6.45) is -0.233. The molecule has 10 nitrogen and oxygen atoms in total. The molecule has 1 N–H and O–H groups in total. The lowest BCUT2D eigenvalue weighted by Gasteiger charge is -2.36. The van der Waals surface area contributed by atoms with Crippen molar-refractivity contribution in [1.82, 2.24) is 23.3 Å². The van der Waals surface area contributed by atoms with E-state index in [4.69, 9.17) is 4.74 Å². The number of nitrogens with zero attached hydrogens (tertiary/aromatic N) is 4. The maximum atomic E-state index is 13.5. The van der Waals surface area contributed by atoms with E-state index >= 15 is 0 Å². The van der Waals surface area contributed by atoms with Crippen LogP contribution in [-0.2, 0) is 26.0 Å². The Labute approximate surface area is 201 Å². The Morgan fingerprint density at radius 2 is 1.74 bits per heavy atom. The molecule has 1 aliphatic heterocycles. The number of ether oxygens (including phenoxy) is 1. The molecule has 0 radical (unpaired) electrons. The van der Waals surface area contributed by atoms with Gasteiger partial charge in [0.1, 0.15) is 22.0 Å². The lowest BCUT2D eigenvalue weighted by atomic mass is 10.1. The van der Waals surface area contributed by atoms with E-state index in [1.807, 2.05) is 30.3 Å². The van der Waals surface area contributed by atoms with E-state index < -0.39 is 22.2 Å². The molecule has 180 valence electrons. The van der Waals surface area contributed by atoms with Gasteiger partial charge < -0.3 is 14.5 Å². The average Bonchev–Trinajstić information content (AvgIpc) is 3.33. The lowest BCUT2D eigenvalue weighted by molar-refractivity contribution is -0.134. The van der Waals surface area contributed by atoms with Crippen molar-refractivity contribution in [2.45, 2.75) is 24.3 Å². The second-order valence-electron chi connectivity index (χ2n) is 7.76. The lowest BCUT2D eigenvalue weighted by Crippen LogP contribution is -2.56. The van der Waals surface area contributed by atoms with Crippen LogP contribution in [0, 0.1) is 0 Å². The Kier molecular flexibility index (Phi) is 7.39. The molecular formula is C22H25N5O5S2. The molecule has 1 aromatic heterocycles. The van der Waals surface area contributed by atoms with Gasteiger partial charge in [0.25, 0.3) is 0 Å². The highest BCUT2D eigenvalue weighted by molar-refractivity contribution is 7.89. The van der Waals surface area contributed by atoms with Crippen LogP contribution in [0.25, 0.3) is 11.0 Å². The van der Waals surface area contributed by atoms with E-state index in [-0.39, 0.29) is 42.4 Å². The number of benzene rings is 2. The second-order valence-corrected chi connectivity index (χ2v) is 9.97. The van der Waals surface area contributed by atoms with Crippen LogP contribution in [0.2, 0.25) is 0 Å². The summed E-state index contributed by atoms with van der Waals surface area (Å²) >= 11 is 0.930. The third-order valence-electron chi connectivity index (χ3n) is 5.53. The fraction of sp³-hybridized carbons (Fsp3) is 0.364. The topological polar surface area (TPSA) is 122 Å². The minimum absolute atomic E-state index is 0.0169. The van der Waals surface area contributed by atoms with Crippen LogP contribution in [-0.4, -0.2) is 77.8 Å². The predicted molar refractivity (Wildman–Crippen MR) is 127 cm³/mol. The van der Waals surface area contributed by atoms with E-state index in [0.29, 0.717) is 18.6 Å². The fourth-order valence-electron chi connectivity index (χ4n) is 3.82. The number of amides is 2. The first-order valence-corrected chi connectivity index (χ1v) is 13.1. The number of sulfonamides is 1. The number of carbonyl (C=O) groups is 2. The number of hydrogen-bond donors (Lipinski definition) is 1. The zero-order chi connectivity index (χ0) is 24.1. The summed E-state index contributed by atoms with van der Waals surface area (Å²) in [7, 11) is -4.07. The monoisotopic (exact) mass is 503 g/mol. The highest BCUT2D eigenvalue weighted by atomic mass is 32.2. The third-order valence-corrected chi connectivity index (χ3v) is 7.58. The number of carbonyl (C=O) groups excluding carboxylic acids is 2. The molecule has 1 atom stereocenters. The standard InChI is InChI=1S/C22H25N5O5S2/c1-2-32-22(29)27-13-11-26(12-14-27)21(28)18(15-16-7-4-3-5-8-16)25-34(30,31)19-10-6-9-17-20(19)24-33-23-17/h3-10,18,25H,2,11-15H2,1H3/t18-/m1/s1. The number of aromatic nitrogens is 2. The SMILES string of the molecule is CCOC(=O)N1CCN(C(=O)[C@@H](Cc2ccccc2)NS(=O)(=O)c2cccc3nsnc23)CC1. The Balaban J connectivity index is 1.55. The summed E-state index contributed by atoms with van der Waals surface area (Å²) in [5.41, 5.74) is 1.57. The number of nitrogens with one attached hydrogen (secondary N) is 1. The number of rotatable bonds is 7. The van der Waals surface area contributed by atoms with Crippen molar-refractivity contribution in [3.05, 3.63) is 54.1 Å². The summed E-state index contributed by atoms with van der Waals surface area (Å²) in [6.45, 7) is 3.23. The van der Waals surface area contributed by atoms with Crippen molar-refractivity contribution >= 4 is 44.8 Å². The molecule has 2 heterocycles. The summed E-state index contributed by atoms with van der Waals surface area (Å²) in [6, 6.07) is 12.9. The van der Waals surface area contributed by atoms with Gasteiger partial charge in [0, 0.05) is 26.2 Å². The second kappa shape index (κ2) is 10.5. The molecule has 1 fully saturated rings. The van der Waals surface area contributed by atoms with Crippen LogP contribution < -0.4 is 4.72 Å². The molecule has 1 saturated heterocycles. The molecule has 0 bridgehead atoms. The molecule has 3 aromatic rings. The van der Waals surface area contributed by atoms with Crippen molar-refractivity contribution in [2.24, 2.45) is 0 Å². The van der Waals surface area contributed by atoms with Crippen molar-refractivity contribution in [3.8, 4) is 0 Å². The largest absolute Gasteiger partial charge is 0.450 e. The van der Waals surface area contributed by atoms with Crippen molar-refractivity contribution in [3.63, 3.8) is 0 Å². The summed E-state index contributed by atoms with van der Waals surface area (Å²) in [4.78, 5) is 28.5. The van der Waals surface area contributed by atoms with Crippen LogP contribution in [0.1, 0.15) is 12.5 Å². The number of hydrogen-bond acceptors (Lipinski definition) is 8. The van der Waals surface area contributed by atoms with Gasteiger partial charge in [-0.2, -0.15) is 13.5 Å². The Bertz CT molecular complexity index is 1260. The minimum Gasteiger partial charge on any atom is -0.450 e. The zero-order valence-corrected chi connectivity index (χ0v) is 20.2. The predicted octanol–water partition coefficient (Wildman–Crippen LogP) is 1.88. The molecule has 0 saturated carbocycles. The molecule has 2 aromatic carbocycles. The quantitative estimate of drug-likeness (QED) is 0.522. The van der Waals surface area contributed by atoms with Gasteiger partial charge >= 0.3 is 6.09 Å². The van der Waals surface area contributed by atoms with Crippen LogP contribution in [0.3, 0.4) is 0 Å². The molecular weight excluding hydrogens is 478 g/mol. The van der Waals surface area contributed by atoms with Gasteiger partial charge in [-0.1, -0.05) is 36.4 Å². The van der Waals surface area contributed by atoms with E-state index in [9.17, 15) is 18.0 Å². The molecule has 2 amide bonds. The van der Waals surface area contributed by atoms with E-state index in [2.05, 4.69) is 13.5 Å². The first kappa shape index (κ1) is 24.0. The minimum atomic E-state index is -4.07. The van der Waals surface area contributed by atoms with Crippen LogP contribution in [0.15, 0.2) is 53.4 Å². The normalized spacial score (nSPS) is 15.3. The molecule has 0 spiro atoms. The third kappa shape index (κ3) is 5.34. The van der Waals surface area contributed by atoms with E-state index in [1.165, 1.54) is 6.07 Å². The van der Waals surface area contributed by atoms with Crippen molar-refractivity contribution in [1.29, 1.82) is 0 Å². The van der Waals surface area contributed by atoms with E-state index in [0.717, 1.165) is 17.3 Å². The van der Waals surface area contributed by atoms with Gasteiger partial charge in [-0.3, -0.25) is 4.79 Å². The molecule has 1 aliphatic rings. The van der Waals surface area contributed by atoms with Gasteiger partial charge in [-0.05, 0) is 31.0 Å². The van der Waals surface area contributed by atoms with Gasteiger partial charge in [0.15, 0.2) is 0 Å². The summed E-state index contributed by atoms with van der Waals surface area (Å²) in [5, 5.41) is 0. The molecule has 12 heteroatoms. The Morgan fingerprint density at radius 3 is 2.44 bits per heavy atom. The molecule has 34 heavy (non-hydrogen) atoms. The fourth-order valence-corrected chi connectivity index (χ4v) is 5.78. The van der Waals surface area contributed by atoms with Gasteiger partial charge in [-0.25, -0.2) is 13.2 Å². The maximum absolute atomic E-state index is 13.5. The first-order valence-electron chi connectivity index (χ1n) is 10.9. The van der Waals surface area contributed by atoms with Crippen LogP contribution in [0.5, 0.6) is 0 Å². The Morgan fingerprint density at radius 1 is 1.03 bits per heavy atom. The average molecular weight is 504 g/mol. The molecule has 4 rings (SSSR count). The summed E-state index contributed by atoms with van der Waals surface area (Å²) in [5.74, 6) is -0.348. The van der Waals surface area contributed by atoms with Gasteiger partial charge in [0.05, 0.1) is 18.3 Å². The highest BCUT2D eigenvalue weighted by Crippen LogP contribution is 2.22.